The lowest BCUT2D eigenvalue weighted by Crippen LogP contribution is -2.60. The normalized spacial score (nSPS) is 20.7. The zero-order valence-electron chi connectivity index (χ0n) is 18.9. The molecule has 3 N–H and O–H groups in total. The fourth-order valence-electron chi connectivity index (χ4n) is 2.50. The number of hydroxylamine groups is 2. The summed E-state index contributed by atoms with van der Waals surface area (Å²) in [6.07, 6.45) is -0.557. The lowest BCUT2D eigenvalue weighted by molar-refractivity contribution is -0.124. The molecule has 1 aliphatic heterocycles. The van der Waals surface area contributed by atoms with E-state index in [-0.39, 0.29) is 11.6 Å². The highest BCUT2D eigenvalue weighted by atomic mass is 28.4. The Hall–Kier alpha value is -2.07. The number of carbonyl (C=O) groups is 3. The molecule has 166 valence electrons. The predicted molar refractivity (Wildman–Crippen MR) is 112 cm³/mol. The van der Waals surface area contributed by atoms with Gasteiger partial charge in [-0.25, -0.2) is 9.59 Å². The van der Waals surface area contributed by atoms with Gasteiger partial charge in [0.15, 0.2) is 0 Å². The monoisotopic (exact) mass is 429 g/mol. The number of carboxylic acid groups (broad SMARTS) is 1. The van der Waals surface area contributed by atoms with Gasteiger partial charge >= 0.3 is 12.2 Å². The van der Waals surface area contributed by atoms with Gasteiger partial charge in [0.2, 0.25) is 14.2 Å². The van der Waals surface area contributed by atoms with Crippen LogP contribution in [-0.2, 0) is 14.1 Å². The SMILES string of the molecule is CC1=C[C@@H](C(N)=O)N(C(=O)O)C[C@@H]1N(O[Si](C)(C)C(C)(C)C)C(=O)OC(C)(C)C. The molecule has 0 aromatic heterocycles. The molecule has 1 heterocycles. The van der Waals surface area contributed by atoms with Gasteiger partial charge in [-0.05, 0) is 51.4 Å². The van der Waals surface area contributed by atoms with Crippen LogP contribution in [0, 0.1) is 0 Å². The van der Waals surface area contributed by atoms with E-state index in [0.717, 1.165) is 9.96 Å². The molecular weight excluding hydrogens is 394 g/mol. The second-order valence-corrected chi connectivity index (χ2v) is 14.6. The standard InChI is InChI=1S/C19H35N3O6Si/c1-12-10-13(15(20)23)21(16(24)25)11-14(12)22(17(26)27-18(2,3)4)28-29(8,9)19(5,6)7/h10,13-14H,11H2,1-9H3,(H2,20,23)(H,24,25)/t13-,14-/m0/s1. The first kappa shape index (κ1) is 25.0. The van der Waals surface area contributed by atoms with E-state index in [9.17, 15) is 19.5 Å². The van der Waals surface area contributed by atoms with Crippen LogP contribution in [0.3, 0.4) is 0 Å². The summed E-state index contributed by atoms with van der Waals surface area (Å²) in [5.41, 5.74) is 5.21. The van der Waals surface area contributed by atoms with E-state index >= 15 is 0 Å². The largest absolute Gasteiger partial charge is 0.465 e. The molecule has 10 heteroatoms. The number of ether oxygens (including phenoxy) is 1. The average Bonchev–Trinajstić information content (AvgIpc) is 2.49. The molecular formula is C19H35N3O6Si. The topological polar surface area (TPSA) is 122 Å². The van der Waals surface area contributed by atoms with Gasteiger partial charge in [-0.15, -0.1) is 0 Å². The molecule has 2 atom stereocenters. The van der Waals surface area contributed by atoms with Gasteiger partial charge in [-0.1, -0.05) is 26.8 Å². The van der Waals surface area contributed by atoms with Crippen LogP contribution in [0.25, 0.3) is 0 Å². The Balaban J connectivity index is 3.41. The molecule has 1 aliphatic rings. The fraction of sp³-hybridized carbons (Fsp3) is 0.737. The van der Waals surface area contributed by atoms with Crippen molar-refractivity contribution in [2.45, 2.75) is 84.3 Å². The highest BCUT2D eigenvalue weighted by molar-refractivity contribution is 6.74. The number of primary amides is 1. The first-order valence-corrected chi connectivity index (χ1v) is 12.5. The molecule has 1 rings (SSSR count). The number of carbonyl (C=O) groups excluding carboxylic acids is 2. The zero-order chi connectivity index (χ0) is 22.9. The molecule has 0 aromatic rings. The van der Waals surface area contributed by atoms with Gasteiger partial charge in [-0.2, -0.15) is 5.06 Å². The van der Waals surface area contributed by atoms with Gasteiger partial charge < -0.3 is 20.1 Å². The van der Waals surface area contributed by atoms with Crippen molar-refractivity contribution in [1.29, 1.82) is 0 Å². The third kappa shape index (κ3) is 6.20. The van der Waals surface area contributed by atoms with Crippen molar-refractivity contribution in [2.75, 3.05) is 6.54 Å². The minimum absolute atomic E-state index is 0.154. The molecule has 0 aromatic carbocycles. The minimum atomic E-state index is -2.47. The first-order valence-electron chi connectivity index (χ1n) is 9.56. The Kier molecular flexibility index (Phi) is 7.19. The van der Waals surface area contributed by atoms with Crippen LogP contribution in [0.2, 0.25) is 18.1 Å². The van der Waals surface area contributed by atoms with E-state index in [1.807, 2.05) is 33.9 Å². The predicted octanol–water partition coefficient (Wildman–Crippen LogP) is 3.32. The van der Waals surface area contributed by atoms with Gasteiger partial charge in [0.1, 0.15) is 17.7 Å². The summed E-state index contributed by atoms with van der Waals surface area (Å²) in [7, 11) is -2.47. The molecule has 0 radical (unpaired) electrons. The third-order valence-corrected chi connectivity index (χ3v) is 9.44. The zero-order valence-corrected chi connectivity index (χ0v) is 19.9. The van der Waals surface area contributed by atoms with Crippen molar-refractivity contribution in [1.82, 2.24) is 9.96 Å². The molecule has 0 aliphatic carbocycles. The van der Waals surface area contributed by atoms with E-state index < -0.39 is 44.1 Å². The van der Waals surface area contributed by atoms with Crippen molar-refractivity contribution in [2.24, 2.45) is 5.73 Å². The quantitative estimate of drug-likeness (QED) is 0.401. The number of hydrogen-bond donors (Lipinski definition) is 2. The summed E-state index contributed by atoms with van der Waals surface area (Å²) in [6, 6.07) is -1.84. The van der Waals surface area contributed by atoms with Crippen LogP contribution >= 0.6 is 0 Å². The summed E-state index contributed by atoms with van der Waals surface area (Å²) in [5, 5.41) is 10.5. The van der Waals surface area contributed by atoms with Gasteiger partial charge in [0.25, 0.3) is 0 Å². The van der Waals surface area contributed by atoms with Crippen molar-refractivity contribution >= 4 is 26.4 Å². The van der Waals surface area contributed by atoms with E-state index in [0.29, 0.717) is 5.57 Å². The molecule has 29 heavy (non-hydrogen) atoms. The molecule has 0 saturated carbocycles. The first-order chi connectivity index (χ1) is 12.9. The van der Waals surface area contributed by atoms with Gasteiger partial charge in [-0.3, -0.25) is 9.69 Å². The molecule has 0 spiro atoms. The Morgan fingerprint density at radius 3 is 2.10 bits per heavy atom. The van der Waals surface area contributed by atoms with Crippen molar-refractivity contribution < 1.29 is 28.8 Å². The smallest absolute Gasteiger partial charge is 0.434 e. The average molecular weight is 430 g/mol. The van der Waals surface area contributed by atoms with Crippen molar-refractivity contribution in [3.8, 4) is 0 Å². The highest BCUT2D eigenvalue weighted by Gasteiger charge is 2.46. The minimum Gasteiger partial charge on any atom is -0.465 e. The van der Waals surface area contributed by atoms with E-state index in [2.05, 4.69) is 0 Å². The molecule has 9 nitrogen and oxygen atoms in total. The van der Waals surface area contributed by atoms with Gasteiger partial charge in [0.05, 0.1) is 6.54 Å². The number of rotatable bonds is 4. The number of amides is 3. The maximum atomic E-state index is 13.0. The maximum Gasteiger partial charge on any atom is 0.434 e. The second-order valence-electron chi connectivity index (χ2n) is 9.87. The summed E-state index contributed by atoms with van der Waals surface area (Å²) in [4.78, 5) is 37.4. The lowest BCUT2D eigenvalue weighted by atomic mass is 9.98. The van der Waals surface area contributed by atoms with E-state index in [1.54, 1.807) is 27.7 Å². The molecule has 0 bridgehead atoms. The highest BCUT2D eigenvalue weighted by Crippen LogP contribution is 2.38. The summed E-state index contributed by atoms with van der Waals surface area (Å²) >= 11 is 0. The van der Waals surface area contributed by atoms with Crippen molar-refractivity contribution in [3.05, 3.63) is 11.6 Å². The summed E-state index contributed by atoms with van der Waals surface area (Å²) in [6.45, 7) is 16.8. The molecule has 0 unspecified atom stereocenters. The third-order valence-electron chi connectivity index (χ3n) is 5.18. The van der Waals surface area contributed by atoms with Crippen LogP contribution in [0.1, 0.15) is 48.5 Å². The fourth-order valence-corrected chi connectivity index (χ4v) is 3.47. The van der Waals surface area contributed by atoms with Crippen LogP contribution in [-0.4, -0.2) is 65.7 Å². The van der Waals surface area contributed by atoms with E-state index in [1.165, 1.54) is 6.08 Å². The number of hydrogen-bond acceptors (Lipinski definition) is 5. The second kappa shape index (κ2) is 8.35. The maximum absolute atomic E-state index is 13.0. The van der Waals surface area contributed by atoms with Crippen LogP contribution in [0.5, 0.6) is 0 Å². The Morgan fingerprint density at radius 1 is 1.21 bits per heavy atom. The summed E-state index contributed by atoms with van der Waals surface area (Å²) in [5.74, 6) is -0.778. The van der Waals surface area contributed by atoms with Gasteiger partial charge in [0, 0.05) is 0 Å². The molecule has 3 amide bonds. The van der Waals surface area contributed by atoms with Crippen LogP contribution < -0.4 is 5.73 Å². The molecule has 0 saturated heterocycles. The Bertz CT molecular complexity index is 693. The van der Waals surface area contributed by atoms with E-state index in [4.69, 9.17) is 15.0 Å². The van der Waals surface area contributed by atoms with Crippen LogP contribution in [0.4, 0.5) is 9.59 Å². The number of nitrogens with two attached hydrogens (primary N) is 1. The summed E-state index contributed by atoms with van der Waals surface area (Å²) < 4.78 is 11.8. The van der Waals surface area contributed by atoms with Crippen molar-refractivity contribution in [3.63, 3.8) is 0 Å². The number of nitrogens with zero attached hydrogens (tertiary/aromatic N) is 2. The van der Waals surface area contributed by atoms with Crippen LogP contribution in [0.15, 0.2) is 11.6 Å². The lowest BCUT2D eigenvalue weighted by Gasteiger charge is -2.45. The molecule has 0 fully saturated rings. The Labute approximate surface area is 173 Å². The Morgan fingerprint density at radius 2 is 1.72 bits per heavy atom.